The van der Waals surface area contributed by atoms with Crippen LogP contribution in [0.3, 0.4) is 0 Å². The minimum Gasteiger partial charge on any atom is -0.493 e. The van der Waals surface area contributed by atoms with E-state index >= 15 is 0 Å². The van der Waals surface area contributed by atoms with E-state index < -0.39 is 12.2 Å². The van der Waals surface area contributed by atoms with Crippen LogP contribution in [0.4, 0.5) is 8.78 Å². The van der Waals surface area contributed by atoms with E-state index in [-0.39, 0.29) is 28.8 Å². The number of aromatic amines is 1. The lowest BCUT2D eigenvalue weighted by Crippen LogP contribution is -2.15. The van der Waals surface area contributed by atoms with Crippen molar-refractivity contribution in [2.24, 2.45) is 0 Å². The van der Waals surface area contributed by atoms with Crippen LogP contribution in [-0.2, 0) is 13.0 Å². The van der Waals surface area contributed by atoms with Crippen molar-refractivity contribution in [2.45, 2.75) is 19.6 Å². The average molecular weight is 412 g/mol. The molecule has 30 heavy (non-hydrogen) atoms. The number of alkyl halides is 2. The molecule has 0 aliphatic heterocycles. The first-order chi connectivity index (χ1) is 14.5. The fourth-order valence-corrected chi connectivity index (χ4v) is 3.21. The normalized spacial score (nSPS) is 11.2. The molecule has 2 aromatic heterocycles. The number of nitrogens with one attached hydrogen (secondary N) is 1. The predicted molar refractivity (Wildman–Crippen MR) is 106 cm³/mol. The Labute approximate surface area is 169 Å². The van der Waals surface area contributed by atoms with Gasteiger partial charge in [0.05, 0.1) is 24.4 Å². The molecule has 0 saturated carbocycles. The lowest BCUT2D eigenvalue weighted by Gasteiger charge is -2.11. The maximum atomic E-state index is 12.7. The molecule has 4 aromatic rings. The molecule has 1 N–H and O–H groups in total. The van der Waals surface area contributed by atoms with Gasteiger partial charge in [0.2, 0.25) is 0 Å². The number of hydrogen-bond acceptors (Lipinski definition) is 5. The topological polar surface area (TPSA) is 82.0 Å². The molecule has 0 amide bonds. The third kappa shape index (κ3) is 4.14. The van der Waals surface area contributed by atoms with Crippen LogP contribution in [0.1, 0.15) is 17.2 Å². The van der Waals surface area contributed by atoms with Crippen LogP contribution in [0.2, 0.25) is 0 Å². The molecular formula is C21H18F2N4O3. The van der Waals surface area contributed by atoms with E-state index in [1.54, 1.807) is 6.20 Å². The van der Waals surface area contributed by atoms with Crippen LogP contribution in [0, 0.1) is 0 Å². The summed E-state index contributed by atoms with van der Waals surface area (Å²) >= 11 is 0. The molecule has 0 atom stereocenters. The van der Waals surface area contributed by atoms with E-state index in [0.29, 0.717) is 18.2 Å². The predicted octanol–water partition coefficient (Wildman–Crippen LogP) is 3.37. The van der Waals surface area contributed by atoms with E-state index in [0.717, 1.165) is 5.56 Å². The van der Waals surface area contributed by atoms with Crippen molar-refractivity contribution < 1.29 is 18.3 Å². The zero-order valence-corrected chi connectivity index (χ0v) is 16.0. The van der Waals surface area contributed by atoms with Gasteiger partial charge in [-0.15, -0.1) is 0 Å². The largest absolute Gasteiger partial charge is 0.493 e. The molecule has 154 valence electrons. The van der Waals surface area contributed by atoms with E-state index in [2.05, 4.69) is 19.7 Å². The van der Waals surface area contributed by atoms with Gasteiger partial charge in [-0.25, -0.2) is 9.97 Å². The number of fused-ring (bicyclic) bond motifs is 1. The number of H-pyrrole nitrogens is 1. The van der Waals surface area contributed by atoms with Crippen molar-refractivity contribution in [3.63, 3.8) is 0 Å². The fraction of sp³-hybridized carbons (Fsp3) is 0.190. The molecule has 2 heterocycles. The molecule has 0 unspecified atom stereocenters. The summed E-state index contributed by atoms with van der Waals surface area (Å²) in [4.78, 5) is 24.0. The zero-order chi connectivity index (χ0) is 21.1. The number of halogens is 2. The van der Waals surface area contributed by atoms with Crippen LogP contribution in [0.15, 0.2) is 59.7 Å². The molecule has 0 aliphatic carbocycles. The highest BCUT2D eigenvalue weighted by molar-refractivity contribution is 5.81. The Bertz CT molecular complexity index is 1220. The van der Waals surface area contributed by atoms with Crippen LogP contribution in [-0.4, -0.2) is 33.2 Å². The van der Waals surface area contributed by atoms with Crippen molar-refractivity contribution in [1.82, 2.24) is 19.5 Å². The van der Waals surface area contributed by atoms with E-state index in [1.807, 2.05) is 41.1 Å². The number of benzene rings is 2. The molecule has 0 saturated heterocycles. The lowest BCUT2D eigenvalue weighted by atomic mass is 10.2. The maximum absolute atomic E-state index is 12.7. The molecule has 9 heteroatoms. The van der Waals surface area contributed by atoms with Crippen LogP contribution in [0.5, 0.6) is 11.5 Å². The zero-order valence-electron chi connectivity index (χ0n) is 16.0. The Morgan fingerprint density at radius 1 is 1.17 bits per heavy atom. The highest BCUT2D eigenvalue weighted by Crippen LogP contribution is 2.31. The van der Waals surface area contributed by atoms with Gasteiger partial charge in [0.25, 0.3) is 5.56 Å². The minimum atomic E-state index is -3.02. The second-order valence-corrected chi connectivity index (χ2v) is 6.55. The van der Waals surface area contributed by atoms with Crippen LogP contribution in [0.25, 0.3) is 10.9 Å². The molecule has 2 aromatic carbocycles. The molecule has 0 bridgehead atoms. The van der Waals surface area contributed by atoms with Gasteiger partial charge < -0.3 is 19.0 Å². The third-order valence-corrected chi connectivity index (χ3v) is 4.58. The van der Waals surface area contributed by atoms with Gasteiger partial charge in [0.1, 0.15) is 11.6 Å². The monoisotopic (exact) mass is 412 g/mol. The number of methoxy groups -OCH3 is 1. The summed E-state index contributed by atoms with van der Waals surface area (Å²) in [5.74, 6) is 0.913. The van der Waals surface area contributed by atoms with E-state index in [9.17, 15) is 13.6 Å². The highest BCUT2D eigenvalue weighted by atomic mass is 19.3. The number of hydrogen-bond donors (Lipinski definition) is 1. The van der Waals surface area contributed by atoms with Gasteiger partial charge >= 0.3 is 6.61 Å². The van der Waals surface area contributed by atoms with Crippen molar-refractivity contribution in [3.05, 3.63) is 82.4 Å². The van der Waals surface area contributed by atoms with E-state index in [4.69, 9.17) is 4.74 Å². The van der Waals surface area contributed by atoms with Crippen LogP contribution >= 0.6 is 0 Å². The second kappa shape index (κ2) is 8.32. The third-order valence-electron chi connectivity index (χ3n) is 4.58. The Morgan fingerprint density at radius 2 is 1.97 bits per heavy atom. The number of ether oxygens (including phenoxy) is 2. The summed E-state index contributed by atoms with van der Waals surface area (Å²) in [5.41, 5.74) is 0.932. The van der Waals surface area contributed by atoms with Gasteiger partial charge in [-0.1, -0.05) is 30.3 Å². The number of rotatable bonds is 7. The first kappa shape index (κ1) is 19.6. The lowest BCUT2D eigenvalue weighted by molar-refractivity contribution is -0.0511. The molecule has 7 nitrogen and oxygen atoms in total. The molecule has 4 rings (SSSR count). The summed E-state index contributed by atoms with van der Waals surface area (Å²) in [6, 6.07) is 12.5. The van der Waals surface area contributed by atoms with Gasteiger partial charge in [0.15, 0.2) is 11.5 Å². The molecular weight excluding hydrogens is 394 g/mol. The summed E-state index contributed by atoms with van der Waals surface area (Å²) in [6.07, 6.45) is 3.79. The Morgan fingerprint density at radius 3 is 2.70 bits per heavy atom. The van der Waals surface area contributed by atoms with Crippen LogP contribution < -0.4 is 15.0 Å². The summed E-state index contributed by atoms with van der Waals surface area (Å²) in [6.45, 7) is -2.40. The quantitative estimate of drug-likeness (QED) is 0.503. The minimum absolute atomic E-state index is 0.0289. The molecule has 0 aliphatic rings. The summed E-state index contributed by atoms with van der Waals surface area (Å²) in [5, 5.41) is 0.213. The Kier molecular flexibility index (Phi) is 5.42. The summed E-state index contributed by atoms with van der Waals surface area (Å²) < 4.78 is 36.9. The Balaban J connectivity index is 1.67. The second-order valence-electron chi connectivity index (χ2n) is 6.55. The van der Waals surface area contributed by atoms with Gasteiger partial charge in [0, 0.05) is 25.0 Å². The SMILES string of the molecule is COc1cc2c(=O)[nH]c(Cc3nccn3Cc3ccccc3)nc2cc1OC(F)F. The number of nitrogens with zero attached hydrogens (tertiary/aromatic N) is 3. The Hall–Kier alpha value is -3.75. The van der Waals surface area contributed by atoms with Gasteiger partial charge in [-0.3, -0.25) is 4.79 Å². The number of aromatic nitrogens is 4. The van der Waals surface area contributed by atoms with Crippen molar-refractivity contribution in [2.75, 3.05) is 7.11 Å². The fourth-order valence-electron chi connectivity index (χ4n) is 3.21. The smallest absolute Gasteiger partial charge is 0.387 e. The average Bonchev–Trinajstić information content (AvgIpc) is 3.14. The molecule has 0 fully saturated rings. The van der Waals surface area contributed by atoms with Crippen molar-refractivity contribution in [3.8, 4) is 11.5 Å². The molecule has 0 radical (unpaired) electrons. The highest BCUT2D eigenvalue weighted by Gasteiger charge is 2.16. The van der Waals surface area contributed by atoms with Gasteiger partial charge in [-0.2, -0.15) is 8.78 Å². The number of imidazole rings is 1. The van der Waals surface area contributed by atoms with Gasteiger partial charge in [-0.05, 0) is 11.6 Å². The standard InChI is InChI=1S/C21H18F2N4O3/c1-29-16-9-14-15(10-17(16)30-21(22)23)25-18(26-20(14)28)11-19-24-7-8-27(19)12-13-5-3-2-4-6-13/h2-10,21H,11-12H2,1H3,(H,25,26,28). The summed E-state index contributed by atoms with van der Waals surface area (Å²) in [7, 11) is 1.31. The maximum Gasteiger partial charge on any atom is 0.387 e. The molecule has 0 spiro atoms. The van der Waals surface area contributed by atoms with Crippen molar-refractivity contribution in [1.29, 1.82) is 0 Å². The first-order valence-electron chi connectivity index (χ1n) is 9.13. The van der Waals surface area contributed by atoms with Crippen molar-refractivity contribution >= 4 is 10.9 Å². The van der Waals surface area contributed by atoms with E-state index in [1.165, 1.54) is 19.2 Å². The first-order valence-corrected chi connectivity index (χ1v) is 9.13.